The molecule has 0 saturated carbocycles. The highest BCUT2D eigenvalue weighted by atomic mass is 16.3. The van der Waals surface area contributed by atoms with Crippen LogP contribution in [-0.2, 0) is 22.6 Å². The number of aliphatic hydroxyl groups is 2. The summed E-state index contributed by atoms with van der Waals surface area (Å²) in [6, 6.07) is 11.8. The Bertz CT molecular complexity index is 1260. The van der Waals surface area contributed by atoms with Crippen molar-refractivity contribution in [3.05, 3.63) is 64.4 Å². The van der Waals surface area contributed by atoms with Crippen LogP contribution >= 0.6 is 0 Å². The molecule has 208 valence electrons. The molecule has 2 aromatic carbocycles. The van der Waals surface area contributed by atoms with Gasteiger partial charge in [0.25, 0.3) is 5.91 Å². The molecule has 3 atom stereocenters. The van der Waals surface area contributed by atoms with Gasteiger partial charge in [0.15, 0.2) is 11.6 Å². The van der Waals surface area contributed by atoms with Crippen molar-refractivity contribution >= 4 is 17.5 Å². The summed E-state index contributed by atoms with van der Waals surface area (Å²) in [5.41, 5.74) is 8.85. The van der Waals surface area contributed by atoms with E-state index in [-0.39, 0.29) is 38.6 Å². The third-order valence-electron chi connectivity index (χ3n) is 7.50. The SMILES string of the molecule is CC(C)NCc1ccc(-c2ccc(O)c3c2CC(CC2CC(=O)C(C(N)=O)=C(O)C2CO)CC3=O)cc1.O.[HH].[HH]. The molecular weight excluding hydrogens is 488 g/mol. The summed E-state index contributed by atoms with van der Waals surface area (Å²) in [5.74, 6) is -3.65. The molecule has 0 bridgehead atoms. The van der Waals surface area contributed by atoms with Crippen molar-refractivity contribution in [1.29, 1.82) is 0 Å². The lowest BCUT2D eigenvalue weighted by Crippen LogP contribution is -2.37. The van der Waals surface area contributed by atoms with E-state index in [4.69, 9.17) is 5.73 Å². The van der Waals surface area contributed by atoms with Gasteiger partial charge in [-0.25, -0.2) is 0 Å². The number of primary amides is 1. The number of aliphatic hydroxyl groups excluding tert-OH is 2. The first-order valence-electron chi connectivity index (χ1n) is 12.7. The van der Waals surface area contributed by atoms with Crippen LogP contribution in [0.2, 0.25) is 0 Å². The molecule has 0 saturated heterocycles. The average molecular weight is 529 g/mol. The lowest BCUT2D eigenvalue weighted by atomic mass is 9.70. The van der Waals surface area contributed by atoms with Gasteiger partial charge in [-0.1, -0.05) is 44.2 Å². The highest BCUT2D eigenvalue weighted by Gasteiger charge is 2.40. The molecule has 38 heavy (non-hydrogen) atoms. The molecular formula is C29H40N2O7. The number of aromatic hydroxyl groups is 1. The Hall–Kier alpha value is -3.53. The van der Waals surface area contributed by atoms with Crippen LogP contribution in [0.25, 0.3) is 11.1 Å². The van der Waals surface area contributed by atoms with Gasteiger partial charge in [-0.2, -0.15) is 0 Å². The minimum Gasteiger partial charge on any atom is -0.511 e. The Morgan fingerprint density at radius 2 is 1.74 bits per heavy atom. The Morgan fingerprint density at radius 3 is 2.34 bits per heavy atom. The largest absolute Gasteiger partial charge is 0.511 e. The number of ketones is 2. The Morgan fingerprint density at radius 1 is 1.05 bits per heavy atom. The first-order chi connectivity index (χ1) is 17.6. The fourth-order valence-electron chi connectivity index (χ4n) is 5.65. The van der Waals surface area contributed by atoms with E-state index in [0.717, 1.165) is 28.8 Å². The van der Waals surface area contributed by atoms with Crippen molar-refractivity contribution in [2.24, 2.45) is 23.5 Å². The average Bonchev–Trinajstić information content (AvgIpc) is 2.83. The number of nitrogens with one attached hydrogen (secondary N) is 1. The van der Waals surface area contributed by atoms with Crippen LogP contribution < -0.4 is 11.1 Å². The highest BCUT2D eigenvalue weighted by molar-refractivity contribution is 6.19. The fraction of sp³-hybridized carbons (Fsp3) is 0.414. The Balaban J connectivity index is 0.00000267. The predicted molar refractivity (Wildman–Crippen MR) is 147 cm³/mol. The van der Waals surface area contributed by atoms with E-state index in [0.29, 0.717) is 24.4 Å². The molecule has 2 aliphatic carbocycles. The summed E-state index contributed by atoms with van der Waals surface area (Å²) < 4.78 is 0. The van der Waals surface area contributed by atoms with Gasteiger partial charge in [-0.05, 0) is 53.0 Å². The molecule has 4 rings (SSSR count). The molecule has 0 radical (unpaired) electrons. The van der Waals surface area contributed by atoms with Crippen molar-refractivity contribution < 1.29 is 38.0 Å². The van der Waals surface area contributed by atoms with Crippen molar-refractivity contribution in [3.63, 3.8) is 0 Å². The van der Waals surface area contributed by atoms with Gasteiger partial charge in [0, 0.05) is 34.2 Å². The van der Waals surface area contributed by atoms with Gasteiger partial charge in [-0.15, -0.1) is 0 Å². The summed E-state index contributed by atoms with van der Waals surface area (Å²) in [6.45, 7) is 4.48. The first-order valence-corrected chi connectivity index (χ1v) is 12.7. The first kappa shape index (κ1) is 29.0. The molecule has 0 spiro atoms. The summed E-state index contributed by atoms with van der Waals surface area (Å²) in [5, 5.41) is 34.3. The van der Waals surface area contributed by atoms with E-state index in [2.05, 4.69) is 19.2 Å². The van der Waals surface area contributed by atoms with Gasteiger partial charge in [0.05, 0.1) is 12.2 Å². The number of benzene rings is 2. The van der Waals surface area contributed by atoms with Gasteiger partial charge >= 0.3 is 0 Å². The number of phenolic OH excluding ortho intramolecular Hbond substituents is 1. The summed E-state index contributed by atoms with van der Waals surface area (Å²) in [6.07, 6.45) is 1.04. The van der Waals surface area contributed by atoms with E-state index in [1.807, 2.05) is 30.3 Å². The van der Waals surface area contributed by atoms with E-state index in [9.17, 15) is 29.7 Å². The maximum atomic E-state index is 13.2. The second-order valence-electron chi connectivity index (χ2n) is 10.5. The molecule has 0 aromatic heterocycles. The molecule has 8 N–H and O–H groups in total. The Labute approximate surface area is 224 Å². The number of rotatable bonds is 8. The maximum Gasteiger partial charge on any atom is 0.255 e. The standard InChI is InChI=1S/C29H34N2O6.H2O.2H2/c1-15(2)31-13-16-3-5-18(6-4-16)20-7-8-23(33)26-21(20)10-17(11-24(26)34)9-19-12-25(35)27(29(30)37)28(36)22(19)14-32;;;/h3-8,15,17,19,22,31-33,36H,9-14H2,1-2H3,(H2,30,37);1H2;2*1H. The van der Waals surface area contributed by atoms with Crippen LogP contribution in [0.3, 0.4) is 0 Å². The third kappa shape index (κ3) is 5.80. The summed E-state index contributed by atoms with van der Waals surface area (Å²) in [4.78, 5) is 37.3. The van der Waals surface area contributed by atoms with Crippen LogP contribution in [0.5, 0.6) is 5.75 Å². The number of phenols is 1. The fourth-order valence-corrected chi connectivity index (χ4v) is 5.65. The number of carbonyl (C=O) groups excluding carboxylic acids is 3. The maximum absolute atomic E-state index is 13.2. The molecule has 0 heterocycles. The number of amides is 1. The molecule has 3 unspecified atom stereocenters. The van der Waals surface area contributed by atoms with Gasteiger partial charge in [0.2, 0.25) is 0 Å². The van der Waals surface area contributed by atoms with Crippen LogP contribution in [0.1, 0.15) is 57.4 Å². The minimum absolute atomic E-state index is 0. The van der Waals surface area contributed by atoms with E-state index < -0.39 is 41.5 Å². The van der Waals surface area contributed by atoms with Crippen molar-refractivity contribution in [3.8, 4) is 16.9 Å². The van der Waals surface area contributed by atoms with E-state index >= 15 is 0 Å². The van der Waals surface area contributed by atoms with Gasteiger partial charge in [-0.3, -0.25) is 14.4 Å². The van der Waals surface area contributed by atoms with Crippen LogP contribution in [0.4, 0.5) is 0 Å². The summed E-state index contributed by atoms with van der Waals surface area (Å²) >= 11 is 0. The summed E-state index contributed by atoms with van der Waals surface area (Å²) in [7, 11) is 0. The molecule has 9 nitrogen and oxygen atoms in total. The van der Waals surface area contributed by atoms with Crippen LogP contribution in [-0.4, -0.2) is 50.9 Å². The zero-order valence-electron chi connectivity index (χ0n) is 21.7. The smallest absolute Gasteiger partial charge is 0.255 e. The molecule has 2 aromatic rings. The van der Waals surface area contributed by atoms with Gasteiger partial charge in [0.1, 0.15) is 17.1 Å². The normalized spacial score (nSPS) is 21.3. The second kappa shape index (κ2) is 11.9. The van der Waals surface area contributed by atoms with Crippen molar-refractivity contribution in [1.82, 2.24) is 5.32 Å². The monoisotopic (exact) mass is 528 g/mol. The molecule has 0 aliphatic heterocycles. The predicted octanol–water partition coefficient (Wildman–Crippen LogP) is 2.85. The third-order valence-corrected chi connectivity index (χ3v) is 7.50. The lowest BCUT2D eigenvalue weighted by molar-refractivity contribution is -0.123. The number of Topliss-reactive ketones (excluding diaryl/α,β-unsaturated/α-hetero) is 2. The van der Waals surface area contributed by atoms with Gasteiger partial charge < -0.3 is 31.8 Å². The molecule has 9 heteroatoms. The quantitative estimate of drug-likeness (QED) is 0.326. The second-order valence-corrected chi connectivity index (χ2v) is 10.5. The molecule has 0 fully saturated rings. The van der Waals surface area contributed by atoms with E-state index in [1.54, 1.807) is 6.07 Å². The van der Waals surface area contributed by atoms with Crippen molar-refractivity contribution in [2.45, 2.75) is 52.1 Å². The zero-order chi connectivity index (χ0) is 26.9. The zero-order valence-corrected chi connectivity index (χ0v) is 21.7. The van der Waals surface area contributed by atoms with Crippen molar-refractivity contribution in [2.75, 3.05) is 6.61 Å². The topological polar surface area (TPSA) is 181 Å². The van der Waals surface area contributed by atoms with E-state index in [1.165, 1.54) is 0 Å². The number of carbonyl (C=O) groups is 3. The Kier molecular flexibility index (Phi) is 9.09. The molecule has 2 aliphatic rings. The highest BCUT2D eigenvalue weighted by Crippen LogP contribution is 2.43. The van der Waals surface area contributed by atoms with Crippen LogP contribution in [0, 0.1) is 17.8 Å². The number of hydrogen-bond donors (Lipinski definition) is 5. The minimum atomic E-state index is -1.01. The number of hydrogen-bond acceptors (Lipinski definition) is 7. The number of nitrogens with two attached hydrogens (primary N) is 1. The number of fused-ring (bicyclic) bond motifs is 1. The lowest BCUT2D eigenvalue weighted by Gasteiger charge is -2.34. The van der Waals surface area contributed by atoms with Crippen LogP contribution in [0.15, 0.2) is 47.7 Å². The molecule has 1 amide bonds.